The fourth-order valence-corrected chi connectivity index (χ4v) is 2.67. The molecule has 1 heterocycles. The molecule has 0 unspecified atom stereocenters. The van der Waals surface area contributed by atoms with Crippen LogP contribution in [0.25, 0.3) is 0 Å². The van der Waals surface area contributed by atoms with E-state index in [1.165, 1.54) is 12.1 Å². The minimum Gasteiger partial charge on any atom is -0.326 e. The van der Waals surface area contributed by atoms with Crippen LogP contribution in [0.2, 0.25) is 0 Å². The third-order valence-electron chi connectivity index (χ3n) is 3.68. The van der Waals surface area contributed by atoms with Crippen molar-refractivity contribution in [3.05, 3.63) is 71.0 Å². The number of benzene rings is 2. The quantitative estimate of drug-likeness (QED) is 0.744. The Morgan fingerprint density at radius 1 is 0.857 bits per heavy atom. The van der Waals surface area contributed by atoms with Crippen molar-refractivity contribution in [3.8, 4) is 0 Å². The third kappa shape index (κ3) is 6.57. The van der Waals surface area contributed by atoms with Gasteiger partial charge in [-0.15, -0.1) is 0 Å². The molecule has 3 rings (SSSR count). The Balaban J connectivity index is 0.00000111. The number of carbonyl (C=O) groups excluding carboxylic acids is 2. The van der Waals surface area contributed by atoms with Crippen LogP contribution in [-0.2, 0) is 6.42 Å². The molecule has 2 N–H and O–H groups in total. The first-order chi connectivity index (χ1) is 13.6. The van der Waals surface area contributed by atoms with Gasteiger partial charge in [0.05, 0.1) is 11.1 Å². The molecule has 0 fully saturated rings. The monoisotopic (exact) mass is 388 g/mol. The topological polar surface area (TPSA) is 63.4 Å². The summed E-state index contributed by atoms with van der Waals surface area (Å²) in [4.78, 5) is 25.6. The summed E-state index contributed by atoms with van der Waals surface area (Å²) < 4.78 is 13.2. The Hall–Kier alpha value is -2.53. The average molecular weight is 389 g/mol. The smallest absolute Gasteiger partial charge is 0.261 e. The molecule has 0 aromatic heterocycles. The molecule has 1 aliphatic rings. The second kappa shape index (κ2) is 13.6. The number of carbonyl (C=O) groups is 2. The van der Waals surface area contributed by atoms with Crippen LogP contribution in [0.1, 0.15) is 67.8 Å². The van der Waals surface area contributed by atoms with Crippen LogP contribution in [0.4, 0.5) is 4.39 Å². The van der Waals surface area contributed by atoms with Gasteiger partial charge in [-0.2, -0.15) is 0 Å². The van der Waals surface area contributed by atoms with E-state index in [4.69, 9.17) is 5.73 Å². The molecule has 1 atom stereocenters. The van der Waals surface area contributed by atoms with E-state index in [1.807, 2.05) is 41.5 Å². The van der Waals surface area contributed by atoms with Crippen molar-refractivity contribution < 1.29 is 14.0 Å². The summed E-state index contributed by atoms with van der Waals surface area (Å²) in [6, 6.07) is 12.4. The zero-order chi connectivity index (χ0) is 21.7. The van der Waals surface area contributed by atoms with Crippen molar-refractivity contribution in [2.24, 2.45) is 5.73 Å². The Morgan fingerprint density at radius 3 is 1.82 bits per heavy atom. The van der Waals surface area contributed by atoms with Gasteiger partial charge in [-0.1, -0.05) is 65.8 Å². The molecule has 154 valence electrons. The Morgan fingerprint density at radius 2 is 1.36 bits per heavy atom. The first-order valence-corrected chi connectivity index (χ1v) is 10.0. The van der Waals surface area contributed by atoms with Gasteiger partial charge in [0.15, 0.2) is 0 Å². The largest absolute Gasteiger partial charge is 0.326 e. The highest BCUT2D eigenvalue weighted by atomic mass is 19.1. The van der Waals surface area contributed by atoms with Gasteiger partial charge in [-0.05, 0) is 36.2 Å². The lowest BCUT2D eigenvalue weighted by atomic mass is 10.1. The fraction of sp³-hybridized carbons (Fsp3) is 0.391. The summed E-state index contributed by atoms with van der Waals surface area (Å²) in [5.41, 5.74) is 7.58. The number of rotatable bonds is 4. The van der Waals surface area contributed by atoms with Crippen molar-refractivity contribution in [3.63, 3.8) is 0 Å². The molecule has 0 saturated heterocycles. The molecule has 0 aliphatic carbocycles. The van der Waals surface area contributed by atoms with Gasteiger partial charge in [-0.25, -0.2) is 4.39 Å². The van der Waals surface area contributed by atoms with E-state index < -0.39 is 6.04 Å². The number of hydrogen-bond acceptors (Lipinski definition) is 3. The molecular weight excluding hydrogens is 355 g/mol. The summed E-state index contributed by atoms with van der Waals surface area (Å²) in [5, 5.41) is 0. The highest BCUT2D eigenvalue weighted by Crippen LogP contribution is 2.22. The molecular formula is C23H33FN2O2. The Labute approximate surface area is 168 Å². The summed E-state index contributed by atoms with van der Waals surface area (Å²) in [6.07, 6.45) is 0.394. The second-order valence-electron chi connectivity index (χ2n) is 5.36. The van der Waals surface area contributed by atoms with Crippen LogP contribution < -0.4 is 5.73 Å². The van der Waals surface area contributed by atoms with Crippen LogP contribution in [0.5, 0.6) is 0 Å². The first kappa shape index (κ1) is 25.5. The fourth-order valence-electron chi connectivity index (χ4n) is 2.67. The lowest BCUT2D eigenvalue weighted by Crippen LogP contribution is -2.41. The van der Waals surface area contributed by atoms with Crippen molar-refractivity contribution in [2.45, 2.75) is 54.0 Å². The number of halogens is 1. The van der Waals surface area contributed by atoms with Gasteiger partial charge >= 0.3 is 0 Å². The molecule has 0 spiro atoms. The molecule has 2 aromatic carbocycles. The lowest BCUT2D eigenvalue weighted by Gasteiger charge is -2.19. The zero-order valence-electron chi connectivity index (χ0n) is 17.8. The van der Waals surface area contributed by atoms with E-state index >= 15 is 0 Å². The molecule has 0 bridgehead atoms. The van der Waals surface area contributed by atoms with E-state index in [2.05, 4.69) is 0 Å². The Bertz CT molecular complexity index is 712. The summed E-state index contributed by atoms with van der Waals surface area (Å²) in [7, 11) is 0. The van der Waals surface area contributed by atoms with E-state index in [0.29, 0.717) is 17.5 Å². The maximum Gasteiger partial charge on any atom is 0.261 e. The number of nitrogens with two attached hydrogens (primary N) is 1. The van der Waals surface area contributed by atoms with E-state index in [0.717, 1.165) is 10.5 Å². The zero-order valence-corrected chi connectivity index (χ0v) is 17.8. The van der Waals surface area contributed by atoms with E-state index in [-0.39, 0.29) is 24.2 Å². The predicted molar refractivity (Wildman–Crippen MR) is 114 cm³/mol. The number of imide groups is 1. The van der Waals surface area contributed by atoms with Gasteiger partial charge < -0.3 is 5.73 Å². The van der Waals surface area contributed by atoms with Crippen LogP contribution in [0.3, 0.4) is 0 Å². The molecule has 2 aromatic rings. The number of amides is 2. The number of hydrogen-bond donors (Lipinski definition) is 1. The van der Waals surface area contributed by atoms with Crippen molar-refractivity contribution in [2.75, 3.05) is 6.54 Å². The van der Waals surface area contributed by atoms with Crippen molar-refractivity contribution in [1.29, 1.82) is 0 Å². The molecule has 5 heteroatoms. The second-order valence-corrected chi connectivity index (χ2v) is 5.36. The minimum atomic E-state index is -0.441. The van der Waals surface area contributed by atoms with Gasteiger partial charge in [0.25, 0.3) is 11.8 Å². The van der Waals surface area contributed by atoms with Gasteiger partial charge in [-0.3, -0.25) is 14.5 Å². The third-order valence-corrected chi connectivity index (χ3v) is 3.68. The van der Waals surface area contributed by atoms with Gasteiger partial charge in [0, 0.05) is 12.6 Å². The Kier molecular flexibility index (Phi) is 12.4. The highest BCUT2D eigenvalue weighted by Gasteiger charge is 2.35. The number of nitrogens with zero attached hydrogens (tertiary/aromatic N) is 1. The van der Waals surface area contributed by atoms with Crippen molar-refractivity contribution in [1.82, 2.24) is 4.90 Å². The molecule has 1 aliphatic heterocycles. The standard InChI is InChI=1S/C17H15FN2O2.3C2H6/c18-12-5-3-4-11(8-12)9-13(19)10-20-16(21)14-6-1-2-7-15(14)17(20)22;3*1-2/h1-8,13H,9-10,19H2;3*1-2H3/t13-;;;/m0.../s1. The average Bonchev–Trinajstić information content (AvgIpc) is 2.98. The van der Waals surface area contributed by atoms with Crippen LogP contribution in [0.15, 0.2) is 48.5 Å². The molecule has 28 heavy (non-hydrogen) atoms. The van der Waals surface area contributed by atoms with E-state index in [1.54, 1.807) is 36.4 Å². The first-order valence-electron chi connectivity index (χ1n) is 10.0. The van der Waals surface area contributed by atoms with Crippen LogP contribution >= 0.6 is 0 Å². The van der Waals surface area contributed by atoms with Gasteiger partial charge in [0.2, 0.25) is 0 Å². The molecule has 2 amide bonds. The minimum absolute atomic E-state index is 0.114. The summed E-state index contributed by atoms with van der Waals surface area (Å²) >= 11 is 0. The predicted octanol–water partition coefficient (Wildman–Crippen LogP) is 5.07. The summed E-state index contributed by atoms with van der Waals surface area (Å²) in [6.45, 7) is 12.1. The summed E-state index contributed by atoms with van der Waals surface area (Å²) in [5.74, 6) is -0.976. The normalized spacial score (nSPS) is 12.5. The molecule has 4 nitrogen and oxygen atoms in total. The lowest BCUT2D eigenvalue weighted by molar-refractivity contribution is 0.0644. The number of fused-ring (bicyclic) bond motifs is 1. The van der Waals surface area contributed by atoms with Gasteiger partial charge in [0.1, 0.15) is 5.82 Å². The molecule has 0 radical (unpaired) electrons. The molecule has 0 saturated carbocycles. The van der Waals surface area contributed by atoms with Crippen molar-refractivity contribution >= 4 is 11.8 Å². The maximum atomic E-state index is 13.2. The van der Waals surface area contributed by atoms with Crippen LogP contribution in [-0.4, -0.2) is 29.3 Å². The maximum absolute atomic E-state index is 13.2. The van der Waals surface area contributed by atoms with Crippen LogP contribution in [0, 0.1) is 5.82 Å². The van der Waals surface area contributed by atoms with E-state index in [9.17, 15) is 14.0 Å². The highest BCUT2D eigenvalue weighted by molar-refractivity contribution is 6.21. The SMILES string of the molecule is CC.CC.CC.N[C@@H](Cc1cccc(F)c1)CN1C(=O)c2ccccc2C1=O.